The molecule has 1 saturated heterocycles. The minimum absolute atomic E-state index is 0.239. The van der Waals surface area contributed by atoms with Crippen molar-refractivity contribution in [3.8, 4) is 5.75 Å². The number of aromatic nitrogens is 2. The third-order valence-corrected chi connectivity index (χ3v) is 4.02. The van der Waals surface area contributed by atoms with Crippen molar-refractivity contribution in [1.82, 2.24) is 14.9 Å². The molecule has 0 spiro atoms. The first-order chi connectivity index (χ1) is 10.1. The molecule has 0 unspecified atom stereocenters. The molecule has 0 radical (unpaired) electrons. The molecular formula is C16H21N3O2. The lowest BCUT2D eigenvalue weighted by Crippen LogP contribution is -2.56. The third kappa shape index (κ3) is 3.43. The summed E-state index contributed by atoms with van der Waals surface area (Å²) in [6.45, 7) is 4.19. The number of aliphatic hydroxyl groups is 1. The summed E-state index contributed by atoms with van der Waals surface area (Å²) in [4.78, 5) is 9.43. The van der Waals surface area contributed by atoms with Crippen LogP contribution >= 0.6 is 0 Å². The summed E-state index contributed by atoms with van der Waals surface area (Å²) in [6, 6.07) is 9.68. The minimum atomic E-state index is -0.805. The van der Waals surface area contributed by atoms with Gasteiger partial charge < -0.3 is 14.8 Å². The van der Waals surface area contributed by atoms with Crippen molar-refractivity contribution in [2.24, 2.45) is 0 Å². The molecule has 21 heavy (non-hydrogen) atoms. The summed E-state index contributed by atoms with van der Waals surface area (Å²) in [5, 5.41) is 10.6. The Morgan fingerprint density at radius 1 is 1.43 bits per heavy atom. The summed E-state index contributed by atoms with van der Waals surface area (Å²) < 4.78 is 6.00. The molecule has 2 N–H and O–H groups in total. The zero-order valence-corrected chi connectivity index (χ0v) is 12.2. The number of hydrogen-bond acceptors (Lipinski definition) is 4. The Bertz CT molecular complexity index is 554. The van der Waals surface area contributed by atoms with Crippen LogP contribution in [0.5, 0.6) is 5.75 Å². The van der Waals surface area contributed by atoms with Gasteiger partial charge in [-0.15, -0.1) is 0 Å². The number of H-pyrrole nitrogens is 1. The predicted molar refractivity (Wildman–Crippen MR) is 80.0 cm³/mol. The smallest absolute Gasteiger partial charge is 0.140 e. The van der Waals surface area contributed by atoms with E-state index < -0.39 is 5.60 Å². The number of likely N-dealkylation sites (tertiary alicyclic amines) is 1. The van der Waals surface area contributed by atoms with Crippen LogP contribution in [0.25, 0.3) is 0 Å². The fourth-order valence-electron chi connectivity index (χ4n) is 2.65. The van der Waals surface area contributed by atoms with Crippen LogP contribution in [0.3, 0.4) is 0 Å². The number of ether oxygens (including phenoxy) is 1. The van der Waals surface area contributed by atoms with Gasteiger partial charge in [0.15, 0.2) is 0 Å². The second-order valence-electron chi connectivity index (χ2n) is 5.84. The van der Waals surface area contributed by atoms with E-state index in [2.05, 4.69) is 14.9 Å². The van der Waals surface area contributed by atoms with Crippen molar-refractivity contribution in [3.05, 3.63) is 48.5 Å². The van der Waals surface area contributed by atoms with Crippen molar-refractivity contribution in [2.75, 3.05) is 13.1 Å². The highest BCUT2D eigenvalue weighted by Gasteiger charge is 2.39. The maximum Gasteiger partial charge on any atom is 0.140 e. The van der Waals surface area contributed by atoms with E-state index >= 15 is 0 Å². The lowest BCUT2D eigenvalue weighted by Gasteiger charge is -2.42. The summed E-state index contributed by atoms with van der Waals surface area (Å²) in [5.41, 5.74) is 0.273. The van der Waals surface area contributed by atoms with E-state index in [-0.39, 0.29) is 6.10 Å². The second-order valence-corrected chi connectivity index (χ2v) is 5.84. The molecule has 5 nitrogen and oxygen atoms in total. The zero-order valence-electron chi connectivity index (χ0n) is 12.2. The Labute approximate surface area is 124 Å². The van der Waals surface area contributed by atoms with Gasteiger partial charge in [0.1, 0.15) is 17.5 Å². The lowest BCUT2D eigenvalue weighted by atomic mass is 9.90. The number of rotatable bonds is 4. The molecule has 2 atom stereocenters. The van der Waals surface area contributed by atoms with Gasteiger partial charge in [-0.3, -0.25) is 4.90 Å². The van der Waals surface area contributed by atoms with Crippen molar-refractivity contribution in [3.63, 3.8) is 0 Å². The monoisotopic (exact) mass is 287 g/mol. The average Bonchev–Trinajstić information content (AvgIpc) is 2.97. The van der Waals surface area contributed by atoms with E-state index in [4.69, 9.17) is 4.74 Å². The minimum Gasteiger partial charge on any atom is -0.486 e. The van der Waals surface area contributed by atoms with Crippen molar-refractivity contribution < 1.29 is 9.84 Å². The average molecular weight is 287 g/mol. The molecule has 0 saturated carbocycles. The maximum atomic E-state index is 10.6. The van der Waals surface area contributed by atoms with Crippen molar-refractivity contribution in [2.45, 2.75) is 31.6 Å². The number of piperidine rings is 1. The highest BCUT2D eigenvalue weighted by molar-refractivity contribution is 5.22. The molecule has 5 heteroatoms. The maximum absolute atomic E-state index is 10.6. The lowest BCUT2D eigenvalue weighted by molar-refractivity contribution is -0.0966. The van der Waals surface area contributed by atoms with E-state index in [9.17, 15) is 5.11 Å². The third-order valence-electron chi connectivity index (χ3n) is 4.02. The first-order valence-electron chi connectivity index (χ1n) is 7.27. The van der Waals surface area contributed by atoms with Gasteiger partial charge >= 0.3 is 0 Å². The van der Waals surface area contributed by atoms with Gasteiger partial charge in [-0.05, 0) is 25.5 Å². The van der Waals surface area contributed by atoms with E-state index in [1.807, 2.05) is 43.5 Å². The number of para-hydroxylation sites is 1. The van der Waals surface area contributed by atoms with Crippen LogP contribution in [0, 0.1) is 0 Å². The number of nitrogens with zero attached hydrogens (tertiary/aromatic N) is 2. The van der Waals surface area contributed by atoms with E-state index in [1.54, 1.807) is 6.33 Å². The Kier molecular flexibility index (Phi) is 3.94. The highest BCUT2D eigenvalue weighted by Crippen LogP contribution is 2.27. The molecule has 1 aliphatic heterocycles. The first-order valence-corrected chi connectivity index (χ1v) is 7.27. The van der Waals surface area contributed by atoms with Crippen LogP contribution in [0.15, 0.2) is 42.9 Å². The molecule has 2 heterocycles. The molecule has 1 aliphatic rings. The Morgan fingerprint density at radius 2 is 2.24 bits per heavy atom. The van der Waals surface area contributed by atoms with E-state index in [0.717, 1.165) is 24.5 Å². The van der Waals surface area contributed by atoms with Gasteiger partial charge in [0.25, 0.3) is 0 Å². The van der Waals surface area contributed by atoms with Crippen LogP contribution in [0.2, 0.25) is 0 Å². The zero-order chi connectivity index (χ0) is 14.7. The standard InChI is InChI=1S/C16H21N3O2/c1-16(20)7-8-19(10-13-9-17-12-18-13)11-15(16)21-14-5-3-2-4-6-14/h2-6,9,12,15,20H,7-8,10-11H2,1H3,(H,17,18)/t15-,16-/m0/s1. The molecular weight excluding hydrogens is 266 g/mol. The molecule has 112 valence electrons. The number of benzene rings is 1. The Balaban J connectivity index is 1.67. The summed E-state index contributed by atoms with van der Waals surface area (Å²) in [7, 11) is 0. The topological polar surface area (TPSA) is 61.4 Å². The van der Waals surface area contributed by atoms with Crippen molar-refractivity contribution in [1.29, 1.82) is 0 Å². The van der Waals surface area contributed by atoms with Crippen molar-refractivity contribution >= 4 is 0 Å². The van der Waals surface area contributed by atoms with Gasteiger partial charge in [-0.25, -0.2) is 4.98 Å². The van der Waals surface area contributed by atoms with Crippen LogP contribution < -0.4 is 4.74 Å². The summed E-state index contributed by atoms with van der Waals surface area (Å²) >= 11 is 0. The fraction of sp³-hybridized carbons (Fsp3) is 0.438. The Hall–Kier alpha value is -1.85. The van der Waals surface area contributed by atoms with Crippen LogP contribution in [0.4, 0.5) is 0 Å². The highest BCUT2D eigenvalue weighted by atomic mass is 16.5. The molecule has 0 bridgehead atoms. The quantitative estimate of drug-likeness (QED) is 0.900. The van der Waals surface area contributed by atoms with Gasteiger partial charge in [0.05, 0.1) is 6.33 Å². The summed E-state index contributed by atoms with van der Waals surface area (Å²) in [5.74, 6) is 0.797. The number of hydrogen-bond donors (Lipinski definition) is 2. The van der Waals surface area contributed by atoms with Crippen LogP contribution in [-0.2, 0) is 6.54 Å². The fourth-order valence-corrected chi connectivity index (χ4v) is 2.65. The molecule has 1 fully saturated rings. The Morgan fingerprint density at radius 3 is 2.95 bits per heavy atom. The van der Waals surface area contributed by atoms with Gasteiger partial charge in [0, 0.05) is 31.5 Å². The molecule has 1 aromatic carbocycles. The van der Waals surface area contributed by atoms with Crippen LogP contribution in [-0.4, -0.2) is 44.8 Å². The van der Waals surface area contributed by atoms with Gasteiger partial charge in [-0.2, -0.15) is 0 Å². The van der Waals surface area contributed by atoms with Crippen LogP contribution in [0.1, 0.15) is 19.0 Å². The van der Waals surface area contributed by atoms with Gasteiger partial charge in [-0.1, -0.05) is 18.2 Å². The largest absolute Gasteiger partial charge is 0.486 e. The number of imidazole rings is 1. The first kappa shape index (κ1) is 14.1. The normalized spacial score (nSPS) is 26.7. The number of aromatic amines is 1. The molecule has 0 amide bonds. The molecule has 3 rings (SSSR count). The predicted octanol–water partition coefficient (Wildman–Crippen LogP) is 1.81. The van der Waals surface area contributed by atoms with Gasteiger partial charge in [0.2, 0.25) is 0 Å². The molecule has 2 aromatic rings. The SMILES string of the molecule is C[C@]1(O)CCN(Cc2cnc[nH]2)C[C@@H]1Oc1ccccc1. The van der Waals surface area contributed by atoms with E-state index in [1.165, 1.54) is 0 Å². The second kappa shape index (κ2) is 5.87. The molecule has 0 aliphatic carbocycles. The number of nitrogens with one attached hydrogen (secondary N) is 1. The summed E-state index contributed by atoms with van der Waals surface area (Å²) in [6.07, 6.45) is 3.97. The van der Waals surface area contributed by atoms with E-state index in [0.29, 0.717) is 13.0 Å². The molecule has 1 aromatic heterocycles.